The first kappa shape index (κ1) is 13.8. The van der Waals surface area contributed by atoms with Crippen LogP contribution in [-0.4, -0.2) is 49.5 Å². The van der Waals surface area contributed by atoms with Crippen molar-refractivity contribution in [2.75, 3.05) is 39.0 Å². The van der Waals surface area contributed by atoms with Gasteiger partial charge in [0.05, 0.1) is 0 Å². The van der Waals surface area contributed by atoms with Crippen LogP contribution in [-0.2, 0) is 0 Å². The topological polar surface area (TPSA) is 57.3 Å². The second-order valence-corrected chi connectivity index (χ2v) is 5.14. The summed E-state index contributed by atoms with van der Waals surface area (Å²) in [7, 11) is 3.78. The zero-order valence-corrected chi connectivity index (χ0v) is 11.6. The van der Waals surface area contributed by atoms with E-state index in [1.807, 2.05) is 6.07 Å². The number of hydrogen-bond donors (Lipinski definition) is 2. The minimum Gasteiger partial charge on any atom is -0.385 e. The van der Waals surface area contributed by atoms with Gasteiger partial charge in [0.1, 0.15) is 5.69 Å². The molecule has 1 saturated heterocycles. The summed E-state index contributed by atoms with van der Waals surface area (Å²) in [5.74, 6) is 0.566. The smallest absolute Gasteiger partial charge is 0.269 e. The average Bonchev–Trinajstić information content (AvgIpc) is 2.46. The van der Waals surface area contributed by atoms with Gasteiger partial charge >= 0.3 is 0 Å². The van der Waals surface area contributed by atoms with Gasteiger partial charge in [0, 0.05) is 25.5 Å². The summed E-state index contributed by atoms with van der Waals surface area (Å²) < 4.78 is 0. The molecule has 0 aliphatic carbocycles. The van der Waals surface area contributed by atoms with Crippen LogP contribution in [0.15, 0.2) is 18.3 Å². The Labute approximate surface area is 114 Å². The first-order valence-corrected chi connectivity index (χ1v) is 6.79. The number of hydrogen-bond acceptors (Lipinski definition) is 4. The van der Waals surface area contributed by atoms with Crippen LogP contribution in [0.4, 0.5) is 5.69 Å². The molecule has 1 amide bonds. The fourth-order valence-electron chi connectivity index (χ4n) is 2.32. The Morgan fingerprint density at radius 3 is 2.89 bits per heavy atom. The summed E-state index contributed by atoms with van der Waals surface area (Å²) in [6.07, 6.45) is 4.13. The van der Waals surface area contributed by atoms with Gasteiger partial charge in [-0.05, 0) is 51.0 Å². The Hall–Kier alpha value is -1.62. The van der Waals surface area contributed by atoms with E-state index in [2.05, 4.69) is 27.6 Å². The lowest BCUT2D eigenvalue weighted by molar-refractivity contribution is 0.0958. The molecule has 0 unspecified atom stereocenters. The molecule has 2 N–H and O–H groups in total. The second kappa shape index (κ2) is 6.52. The molecule has 1 aliphatic rings. The molecule has 1 aromatic rings. The van der Waals surface area contributed by atoms with Crippen molar-refractivity contribution < 1.29 is 4.79 Å². The van der Waals surface area contributed by atoms with Crippen LogP contribution in [0.25, 0.3) is 0 Å². The second-order valence-electron chi connectivity index (χ2n) is 5.14. The fourth-order valence-corrected chi connectivity index (χ4v) is 2.32. The van der Waals surface area contributed by atoms with Gasteiger partial charge in [-0.15, -0.1) is 0 Å². The number of anilines is 1. The van der Waals surface area contributed by atoms with Crippen LogP contribution in [0, 0.1) is 5.92 Å². The van der Waals surface area contributed by atoms with E-state index in [9.17, 15) is 4.79 Å². The monoisotopic (exact) mass is 262 g/mol. The molecule has 2 heterocycles. The highest BCUT2D eigenvalue weighted by atomic mass is 16.1. The van der Waals surface area contributed by atoms with Crippen LogP contribution in [0.5, 0.6) is 0 Å². The van der Waals surface area contributed by atoms with E-state index in [1.54, 1.807) is 19.3 Å². The molecule has 0 bridgehead atoms. The maximum atomic E-state index is 11.5. The Kier molecular flexibility index (Phi) is 4.74. The van der Waals surface area contributed by atoms with E-state index in [1.165, 1.54) is 25.9 Å². The lowest BCUT2D eigenvalue weighted by Gasteiger charge is -2.29. The number of rotatable bonds is 4. The quantitative estimate of drug-likeness (QED) is 0.856. The van der Waals surface area contributed by atoms with Gasteiger partial charge in [0.25, 0.3) is 5.91 Å². The van der Waals surface area contributed by atoms with E-state index < -0.39 is 0 Å². The molecular formula is C14H22N4O. The zero-order chi connectivity index (χ0) is 13.7. The standard InChI is InChI=1S/C14H22N4O/c1-15-14(19)13-9-12(3-6-16-13)17-10-11-4-7-18(2)8-5-11/h3,6,9,11H,4-5,7-8,10H2,1-2H3,(H,15,19)(H,16,17). The molecule has 1 aliphatic heterocycles. The molecule has 19 heavy (non-hydrogen) atoms. The number of amides is 1. The van der Waals surface area contributed by atoms with E-state index in [0.29, 0.717) is 11.6 Å². The molecule has 2 rings (SSSR count). The number of likely N-dealkylation sites (tertiary alicyclic amines) is 1. The highest BCUT2D eigenvalue weighted by Crippen LogP contribution is 2.17. The molecule has 0 aromatic carbocycles. The molecule has 104 valence electrons. The predicted octanol–water partition coefficient (Wildman–Crippen LogP) is 1.19. The van der Waals surface area contributed by atoms with Crippen LogP contribution in [0.2, 0.25) is 0 Å². The third kappa shape index (κ3) is 3.92. The van der Waals surface area contributed by atoms with E-state index in [0.717, 1.165) is 12.2 Å². The minimum absolute atomic E-state index is 0.150. The zero-order valence-electron chi connectivity index (χ0n) is 11.6. The molecular weight excluding hydrogens is 240 g/mol. The van der Waals surface area contributed by atoms with Gasteiger partial charge < -0.3 is 15.5 Å². The maximum absolute atomic E-state index is 11.5. The summed E-state index contributed by atoms with van der Waals surface area (Å²) in [4.78, 5) is 17.9. The van der Waals surface area contributed by atoms with Crippen molar-refractivity contribution in [3.63, 3.8) is 0 Å². The van der Waals surface area contributed by atoms with Crippen molar-refractivity contribution in [3.05, 3.63) is 24.0 Å². The Morgan fingerprint density at radius 2 is 2.21 bits per heavy atom. The van der Waals surface area contributed by atoms with Crippen molar-refractivity contribution in [1.29, 1.82) is 0 Å². The van der Waals surface area contributed by atoms with Crippen LogP contribution < -0.4 is 10.6 Å². The van der Waals surface area contributed by atoms with Crippen molar-refractivity contribution in [2.45, 2.75) is 12.8 Å². The van der Waals surface area contributed by atoms with E-state index in [-0.39, 0.29) is 5.91 Å². The van der Waals surface area contributed by atoms with E-state index >= 15 is 0 Å². The lowest BCUT2D eigenvalue weighted by Crippen LogP contribution is -2.33. The Balaban J connectivity index is 1.87. The van der Waals surface area contributed by atoms with Crippen molar-refractivity contribution in [1.82, 2.24) is 15.2 Å². The van der Waals surface area contributed by atoms with Crippen molar-refractivity contribution >= 4 is 11.6 Å². The van der Waals surface area contributed by atoms with Gasteiger partial charge in [-0.2, -0.15) is 0 Å². The van der Waals surface area contributed by atoms with Crippen LogP contribution >= 0.6 is 0 Å². The summed E-state index contributed by atoms with van der Waals surface area (Å²) in [5, 5.41) is 5.99. The highest BCUT2D eigenvalue weighted by Gasteiger charge is 2.16. The largest absolute Gasteiger partial charge is 0.385 e. The Morgan fingerprint density at radius 1 is 1.47 bits per heavy atom. The van der Waals surface area contributed by atoms with Crippen LogP contribution in [0.1, 0.15) is 23.3 Å². The molecule has 0 spiro atoms. The van der Waals surface area contributed by atoms with Crippen molar-refractivity contribution in [3.8, 4) is 0 Å². The molecule has 5 nitrogen and oxygen atoms in total. The number of carbonyl (C=O) groups is 1. The number of nitrogens with one attached hydrogen (secondary N) is 2. The van der Waals surface area contributed by atoms with Gasteiger partial charge in [0.2, 0.25) is 0 Å². The SMILES string of the molecule is CNC(=O)c1cc(NCC2CCN(C)CC2)ccn1. The number of piperidine rings is 1. The predicted molar refractivity (Wildman–Crippen MR) is 76.3 cm³/mol. The number of aromatic nitrogens is 1. The summed E-state index contributed by atoms with van der Waals surface area (Å²) >= 11 is 0. The van der Waals surface area contributed by atoms with E-state index in [4.69, 9.17) is 0 Å². The summed E-state index contributed by atoms with van der Waals surface area (Å²) in [6.45, 7) is 3.31. The highest BCUT2D eigenvalue weighted by molar-refractivity contribution is 5.92. The molecule has 0 atom stereocenters. The molecule has 5 heteroatoms. The number of nitrogens with zero attached hydrogens (tertiary/aromatic N) is 2. The fraction of sp³-hybridized carbons (Fsp3) is 0.571. The van der Waals surface area contributed by atoms with Crippen molar-refractivity contribution in [2.24, 2.45) is 5.92 Å². The molecule has 1 fully saturated rings. The average molecular weight is 262 g/mol. The normalized spacial score (nSPS) is 17.2. The lowest BCUT2D eigenvalue weighted by atomic mass is 9.97. The van der Waals surface area contributed by atoms with Gasteiger partial charge in [-0.3, -0.25) is 9.78 Å². The maximum Gasteiger partial charge on any atom is 0.269 e. The third-order valence-corrected chi connectivity index (χ3v) is 3.65. The summed E-state index contributed by atoms with van der Waals surface area (Å²) in [5.41, 5.74) is 1.42. The molecule has 0 radical (unpaired) electrons. The third-order valence-electron chi connectivity index (χ3n) is 3.65. The Bertz CT molecular complexity index is 427. The number of pyridine rings is 1. The molecule has 0 saturated carbocycles. The minimum atomic E-state index is -0.150. The molecule has 1 aromatic heterocycles. The van der Waals surface area contributed by atoms with Gasteiger partial charge in [-0.25, -0.2) is 0 Å². The first-order chi connectivity index (χ1) is 9.19. The number of carbonyl (C=O) groups excluding carboxylic acids is 1. The van der Waals surface area contributed by atoms with Gasteiger partial charge in [0.15, 0.2) is 0 Å². The summed E-state index contributed by atoms with van der Waals surface area (Å²) in [6, 6.07) is 3.70. The first-order valence-electron chi connectivity index (χ1n) is 6.79. The van der Waals surface area contributed by atoms with Gasteiger partial charge in [-0.1, -0.05) is 0 Å². The van der Waals surface area contributed by atoms with Crippen LogP contribution in [0.3, 0.4) is 0 Å².